The number of rotatable bonds is 6. The van der Waals surface area contributed by atoms with Crippen LogP contribution in [0.3, 0.4) is 0 Å². The van der Waals surface area contributed by atoms with Gasteiger partial charge in [0, 0.05) is 44.1 Å². The topological polar surface area (TPSA) is 97.8 Å². The number of carbonyl (C=O) groups is 5. The molecule has 0 N–H and O–H groups in total. The minimum absolute atomic E-state index is 0.0720. The molecule has 0 radical (unpaired) electrons. The highest BCUT2D eigenvalue weighted by Gasteiger charge is 2.69. The van der Waals surface area contributed by atoms with Crippen molar-refractivity contribution < 1.29 is 37.5 Å². The normalized spacial score (nSPS) is 32.1. The predicted octanol–water partition coefficient (Wildman–Crippen LogP) is 6.10. The Bertz CT molecular complexity index is 1070. The van der Waals surface area contributed by atoms with Crippen LogP contribution in [0.25, 0.3) is 0 Å². The van der Waals surface area contributed by atoms with Crippen molar-refractivity contribution in [3.8, 4) is 0 Å². The summed E-state index contributed by atoms with van der Waals surface area (Å²) >= 11 is 0. The van der Waals surface area contributed by atoms with Gasteiger partial charge in [-0.3, -0.25) is 24.0 Å². The number of halogens is 2. The van der Waals surface area contributed by atoms with E-state index in [0.29, 0.717) is 25.8 Å². The van der Waals surface area contributed by atoms with Gasteiger partial charge in [-0.15, -0.1) is 0 Å². The van der Waals surface area contributed by atoms with E-state index < -0.39 is 46.9 Å². The van der Waals surface area contributed by atoms with Crippen LogP contribution in [0.1, 0.15) is 118 Å². The maximum atomic E-state index is 14.7. The molecule has 0 aromatic rings. The molecule has 7 nitrogen and oxygen atoms in total. The van der Waals surface area contributed by atoms with Crippen molar-refractivity contribution >= 4 is 29.2 Å². The van der Waals surface area contributed by atoms with Crippen molar-refractivity contribution in [3.05, 3.63) is 0 Å². The molecule has 5 atom stereocenters. The van der Waals surface area contributed by atoms with Gasteiger partial charge in [-0.1, -0.05) is 26.7 Å². The number of nitrogens with zero attached hydrogens (tertiary/aromatic N) is 1. The first kappa shape index (κ1) is 32.7. The zero-order valence-electron chi connectivity index (χ0n) is 26.0. The molecule has 1 amide bonds. The van der Waals surface area contributed by atoms with Crippen LogP contribution in [0.5, 0.6) is 0 Å². The van der Waals surface area contributed by atoms with E-state index in [4.69, 9.17) is 4.74 Å². The first-order valence-corrected chi connectivity index (χ1v) is 16.0. The second kappa shape index (κ2) is 12.4. The lowest BCUT2D eigenvalue weighted by Gasteiger charge is -2.34. The third-order valence-electron chi connectivity index (χ3n) is 9.96. The summed E-state index contributed by atoms with van der Waals surface area (Å²) in [5.74, 6) is -6.46. The average Bonchev–Trinajstić information content (AvgIpc) is 3.71. The first-order chi connectivity index (χ1) is 19.5. The van der Waals surface area contributed by atoms with Crippen LogP contribution in [0, 0.1) is 35.0 Å². The second-order valence-corrected chi connectivity index (χ2v) is 15.0. The minimum Gasteiger partial charge on any atom is -0.460 e. The third kappa shape index (κ3) is 8.04. The standard InChI is InChI=1S/C33H49F2NO6/c1-31(2,3)42-26(39)18-22-11-9-15-33(34,35)14-8-6-7-10-21(29(40)25(38)16-20-12-13-20)17-24(37)28-27-23(32(27,4)5)19-36(28)30(22)41/h20-23,27-28H,6-19H2,1-5H3/t21-,22-,23+,27+,28-/m1/s1. The lowest BCUT2D eigenvalue weighted by atomic mass is 9.84. The van der Waals surface area contributed by atoms with Crippen LogP contribution in [0.15, 0.2) is 0 Å². The minimum atomic E-state index is -2.90. The molecule has 4 aliphatic rings. The number of fused-ring (bicyclic) bond motifs is 3. The Morgan fingerprint density at radius 3 is 2.24 bits per heavy atom. The van der Waals surface area contributed by atoms with Crippen molar-refractivity contribution in [2.75, 3.05) is 6.54 Å². The molecule has 2 aliphatic carbocycles. The maximum Gasteiger partial charge on any atom is 0.307 e. The fourth-order valence-electron chi connectivity index (χ4n) is 7.30. The number of Topliss-reactive ketones (excluding diaryl/α,β-unsaturated/α-hetero) is 3. The molecule has 9 heteroatoms. The van der Waals surface area contributed by atoms with Gasteiger partial charge in [0.05, 0.1) is 12.5 Å². The van der Waals surface area contributed by atoms with Crippen LogP contribution in [-0.4, -0.2) is 58.2 Å². The van der Waals surface area contributed by atoms with Crippen LogP contribution in [0.4, 0.5) is 8.78 Å². The van der Waals surface area contributed by atoms with Gasteiger partial charge < -0.3 is 9.64 Å². The van der Waals surface area contributed by atoms with Crippen molar-refractivity contribution in [2.45, 2.75) is 136 Å². The van der Waals surface area contributed by atoms with E-state index in [2.05, 4.69) is 13.8 Å². The fraction of sp³-hybridized carbons (Fsp3) is 0.848. The van der Waals surface area contributed by atoms with Gasteiger partial charge >= 0.3 is 5.97 Å². The predicted molar refractivity (Wildman–Crippen MR) is 153 cm³/mol. The van der Waals surface area contributed by atoms with Crippen molar-refractivity contribution in [3.63, 3.8) is 0 Å². The highest BCUT2D eigenvalue weighted by atomic mass is 19.3. The SMILES string of the molecule is CC(C)(C)OC(=O)C[C@H]1CCCC(F)(F)CCCCC[C@@H](C(=O)C(=O)CC2CC2)CC(=O)[C@@H]2[C@@H]3[C@H](CN2C1=O)C3(C)C. The molecule has 0 unspecified atom stereocenters. The first-order valence-electron chi connectivity index (χ1n) is 16.0. The highest BCUT2D eigenvalue weighted by Crippen LogP contribution is 2.65. The Kier molecular flexibility index (Phi) is 9.68. The van der Waals surface area contributed by atoms with Gasteiger partial charge in [-0.25, -0.2) is 8.78 Å². The number of esters is 1. The number of amides is 1. The van der Waals surface area contributed by atoms with Gasteiger partial charge in [0.25, 0.3) is 0 Å². The molecular formula is C33H49F2NO6. The Morgan fingerprint density at radius 1 is 0.929 bits per heavy atom. The van der Waals surface area contributed by atoms with E-state index in [1.807, 2.05) is 0 Å². The summed E-state index contributed by atoms with van der Waals surface area (Å²) in [4.78, 5) is 68.4. The smallest absolute Gasteiger partial charge is 0.307 e. The molecule has 2 aliphatic heterocycles. The van der Waals surface area contributed by atoms with Crippen molar-refractivity contribution in [1.29, 1.82) is 0 Å². The fourth-order valence-corrected chi connectivity index (χ4v) is 7.30. The number of hydrogen-bond donors (Lipinski definition) is 0. The Morgan fingerprint density at radius 2 is 1.60 bits per heavy atom. The molecule has 2 saturated carbocycles. The molecule has 236 valence electrons. The zero-order chi connectivity index (χ0) is 31.0. The summed E-state index contributed by atoms with van der Waals surface area (Å²) < 4.78 is 35.0. The number of carbonyl (C=O) groups excluding carboxylic acids is 5. The van der Waals surface area contributed by atoms with Crippen LogP contribution in [-0.2, 0) is 28.7 Å². The van der Waals surface area contributed by atoms with E-state index in [9.17, 15) is 32.8 Å². The molecule has 4 fully saturated rings. The van der Waals surface area contributed by atoms with Crippen molar-refractivity contribution in [1.82, 2.24) is 4.90 Å². The van der Waals surface area contributed by atoms with Crippen LogP contribution in [0.2, 0.25) is 0 Å². The number of alkyl halides is 2. The second-order valence-electron chi connectivity index (χ2n) is 15.0. The molecule has 2 heterocycles. The molecule has 0 spiro atoms. The average molecular weight is 594 g/mol. The summed E-state index contributed by atoms with van der Waals surface area (Å²) in [6.45, 7) is 9.67. The zero-order valence-corrected chi connectivity index (χ0v) is 26.0. The molecule has 0 aromatic heterocycles. The summed E-state index contributed by atoms with van der Waals surface area (Å²) in [5, 5.41) is 0. The lowest BCUT2D eigenvalue weighted by Crippen LogP contribution is -2.49. The van der Waals surface area contributed by atoms with Crippen LogP contribution >= 0.6 is 0 Å². The highest BCUT2D eigenvalue weighted by molar-refractivity contribution is 6.38. The molecule has 0 bridgehead atoms. The van der Waals surface area contributed by atoms with E-state index in [1.165, 1.54) is 0 Å². The van der Waals surface area contributed by atoms with Gasteiger partial charge in [0.15, 0.2) is 11.6 Å². The lowest BCUT2D eigenvalue weighted by molar-refractivity contribution is -0.159. The number of hydrogen-bond acceptors (Lipinski definition) is 6. The summed E-state index contributed by atoms with van der Waals surface area (Å²) in [6.07, 6.45) is 2.72. The van der Waals surface area contributed by atoms with Gasteiger partial charge in [0.1, 0.15) is 5.60 Å². The Labute approximate surface area is 248 Å². The largest absolute Gasteiger partial charge is 0.460 e. The Hall–Kier alpha value is -2.19. The van der Waals surface area contributed by atoms with E-state index >= 15 is 0 Å². The number of ketones is 3. The monoisotopic (exact) mass is 593 g/mol. The van der Waals surface area contributed by atoms with E-state index in [0.717, 1.165) is 12.8 Å². The van der Waals surface area contributed by atoms with E-state index in [1.54, 1.807) is 25.7 Å². The van der Waals surface area contributed by atoms with E-state index in [-0.39, 0.29) is 86.2 Å². The Balaban J connectivity index is 1.59. The molecule has 0 aromatic carbocycles. The molecule has 2 saturated heterocycles. The number of ether oxygens (including phenoxy) is 1. The maximum absolute atomic E-state index is 14.7. The summed E-state index contributed by atoms with van der Waals surface area (Å²) in [6, 6.07) is -0.748. The molecule has 4 rings (SSSR count). The molecule has 42 heavy (non-hydrogen) atoms. The van der Waals surface area contributed by atoms with Gasteiger partial charge in [0.2, 0.25) is 17.6 Å². The molecular weight excluding hydrogens is 544 g/mol. The van der Waals surface area contributed by atoms with Crippen molar-refractivity contribution in [2.24, 2.45) is 35.0 Å². The summed E-state index contributed by atoms with van der Waals surface area (Å²) in [7, 11) is 0. The van der Waals surface area contributed by atoms with Gasteiger partial charge in [-0.2, -0.15) is 0 Å². The van der Waals surface area contributed by atoms with Crippen LogP contribution < -0.4 is 0 Å². The van der Waals surface area contributed by atoms with Gasteiger partial charge in [-0.05, 0) is 82.5 Å². The number of piperidine rings is 1. The summed E-state index contributed by atoms with van der Waals surface area (Å²) in [5.41, 5.74) is -0.913. The third-order valence-corrected chi connectivity index (χ3v) is 9.96. The quantitative estimate of drug-likeness (QED) is 0.273.